The van der Waals surface area contributed by atoms with Crippen molar-refractivity contribution in [3.05, 3.63) is 78.1 Å². The fourth-order valence-corrected chi connectivity index (χ4v) is 3.12. The Labute approximate surface area is 166 Å². The molecular formula is C19H17Cl3N3O+. The van der Waals surface area contributed by atoms with Crippen LogP contribution in [0.3, 0.4) is 0 Å². The summed E-state index contributed by atoms with van der Waals surface area (Å²) in [7, 11) is 0. The first-order valence-corrected chi connectivity index (χ1v) is 9.16. The standard InChI is InChI=1S/C19H16Cl3N3O/c20-19(21,22)18(24-12-13-5-4-10-23-11-13)25-17(26)16-9-3-7-14-6-1-2-8-15(14)16/h1-11,18,24H,12H2,(H,25,26)/p+1. The molecule has 0 radical (unpaired) electrons. The van der Waals surface area contributed by atoms with Gasteiger partial charge in [-0.15, -0.1) is 0 Å². The van der Waals surface area contributed by atoms with Gasteiger partial charge in [-0.25, -0.2) is 0 Å². The van der Waals surface area contributed by atoms with Gasteiger partial charge < -0.3 is 5.32 Å². The van der Waals surface area contributed by atoms with Gasteiger partial charge in [0, 0.05) is 23.5 Å². The minimum absolute atomic E-state index is 0.291. The van der Waals surface area contributed by atoms with Crippen molar-refractivity contribution >= 4 is 51.5 Å². The highest BCUT2D eigenvalue weighted by molar-refractivity contribution is 6.68. The van der Waals surface area contributed by atoms with Gasteiger partial charge in [0.2, 0.25) is 6.17 Å². The van der Waals surface area contributed by atoms with E-state index in [1.807, 2.05) is 48.5 Å². The number of nitrogens with two attached hydrogens (primary N) is 1. The van der Waals surface area contributed by atoms with Crippen molar-refractivity contribution in [2.45, 2.75) is 16.5 Å². The molecule has 134 valence electrons. The molecule has 0 saturated carbocycles. The Balaban J connectivity index is 1.79. The summed E-state index contributed by atoms with van der Waals surface area (Å²) in [4.78, 5) is 16.9. The Kier molecular flexibility index (Phi) is 5.99. The van der Waals surface area contributed by atoms with Gasteiger partial charge >= 0.3 is 0 Å². The molecule has 1 aromatic heterocycles. The second-order valence-corrected chi connectivity index (χ2v) is 8.19. The average molecular weight is 410 g/mol. The molecule has 4 nitrogen and oxygen atoms in total. The highest BCUT2D eigenvalue weighted by Gasteiger charge is 2.37. The van der Waals surface area contributed by atoms with Crippen LogP contribution in [0, 0.1) is 0 Å². The van der Waals surface area contributed by atoms with E-state index in [0.717, 1.165) is 16.3 Å². The van der Waals surface area contributed by atoms with Crippen molar-refractivity contribution in [2.75, 3.05) is 0 Å². The predicted octanol–water partition coefficient (Wildman–Crippen LogP) is 3.42. The molecule has 2 aromatic carbocycles. The van der Waals surface area contributed by atoms with E-state index in [2.05, 4.69) is 10.3 Å². The molecule has 1 unspecified atom stereocenters. The van der Waals surface area contributed by atoms with Crippen LogP contribution in [0.1, 0.15) is 15.9 Å². The maximum atomic E-state index is 12.8. The summed E-state index contributed by atoms with van der Waals surface area (Å²) in [5.41, 5.74) is 1.50. The lowest BCUT2D eigenvalue weighted by Crippen LogP contribution is -2.95. The number of amides is 1. The van der Waals surface area contributed by atoms with Gasteiger partial charge in [0.1, 0.15) is 6.54 Å². The number of rotatable bonds is 5. The monoisotopic (exact) mass is 408 g/mol. The predicted molar refractivity (Wildman–Crippen MR) is 105 cm³/mol. The van der Waals surface area contributed by atoms with E-state index in [9.17, 15) is 4.79 Å². The van der Waals surface area contributed by atoms with Crippen LogP contribution < -0.4 is 10.6 Å². The SMILES string of the molecule is O=C(NC([NH2+]Cc1cccnc1)C(Cl)(Cl)Cl)c1cccc2ccccc12. The Morgan fingerprint density at radius 1 is 1.08 bits per heavy atom. The summed E-state index contributed by atoms with van der Waals surface area (Å²) in [5.74, 6) is -0.291. The molecule has 0 aliphatic rings. The number of quaternary nitrogens is 1. The maximum Gasteiger partial charge on any atom is 0.262 e. The Morgan fingerprint density at radius 3 is 2.58 bits per heavy atom. The minimum Gasteiger partial charge on any atom is -0.319 e. The van der Waals surface area contributed by atoms with E-state index in [0.29, 0.717) is 12.1 Å². The molecule has 3 N–H and O–H groups in total. The number of halogens is 3. The largest absolute Gasteiger partial charge is 0.319 e. The number of carbonyl (C=O) groups excluding carboxylic acids is 1. The second kappa shape index (κ2) is 8.23. The van der Waals surface area contributed by atoms with E-state index in [-0.39, 0.29) is 5.91 Å². The van der Waals surface area contributed by atoms with Gasteiger partial charge in [0.05, 0.1) is 0 Å². The van der Waals surface area contributed by atoms with Crippen molar-refractivity contribution in [3.8, 4) is 0 Å². The normalized spacial score (nSPS) is 12.7. The molecule has 0 saturated heterocycles. The number of aromatic nitrogens is 1. The summed E-state index contributed by atoms with van der Waals surface area (Å²) in [6, 6.07) is 17.0. The van der Waals surface area contributed by atoms with E-state index in [4.69, 9.17) is 34.8 Å². The molecule has 1 heterocycles. The maximum absolute atomic E-state index is 12.8. The number of fused-ring (bicyclic) bond motifs is 1. The Morgan fingerprint density at radius 2 is 1.85 bits per heavy atom. The van der Waals surface area contributed by atoms with Crippen LogP contribution >= 0.6 is 34.8 Å². The summed E-state index contributed by atoms with van der Waals surface area (Å²) in [6.45, 7) is 0.516. The number of pyridine rings is 1. The first-order valence-electron chi connectivity index (χ1n) is 8.03. The molecule has 0 fully saturated rings. The quantitative estimate of drug-likeness (QED) is 0.501. The van der Waals surface area contributed by atoms with Crippen LogP contribution in [0.4, 0.5) is 0 Å². The minimum atomic E-state index is -1.66. The molecule has 1 amide bonds. The summed E-state index contributed by atoms with van der Waals surface area (Å²) in [5, 5.41) is 6.42. The molecule has 3 aromatic rings. The molecule has 0 spiro atoms. The first-order chi connectivity index (χ1) is 12.4. The van der Waals surface area contributed by atoms with Crippen molar-refractivity contribution in [2.24, 2.45) is 0 Å². The summed E-state index contributed by atoms with van der Waals surface area (Å²) < 4.78 is -1.66. The lowest BCUT2D eigenvalue weighted by molar-refractivity contribution is -0.706. The fourth-order valence-electron chi connectivity index (χ4n) is 2.69. The number of benzene rings is 2. The number of carbonyl (C=O) groups is 1. The number of hydrogen-bond acceptors (Lipinski definition) is 2. The molecule has 0 aliphatic carbocycles. The summed E-state index contributed by atoms with van der Waals surface area (Å²) >= 11 is 18.3. The van der Waals surface area contributed by atoms with E-state index in [1.54, 1.807) is 23.8 Å². The van der Waals surface area contributed by atoms with Gasteiger partial charge in [0.15, 0.2) is 0 Å². The van der Waals surface area contributed by atoms with Crippen molar-refractivity contribution in [1.82, 2.24) is 10.3 Å². The van der Waals surface area contributed by atoms with Crippen LogP contribution in [-0.4, -0.2) is 20.8 Å². The molecule has 26 heavy (non-hydrogen) atoms. The highest BCUT2D eigenvalue weighted by Crippen LogP contribution is 2.28. The van der Waals surface area contributed by atoms with Crippen LogP contribution in [0.2, 0.25) is 0 Å². The van der Waals surface area contributed by atoms with Crippen LogP contribution in [0.15, 0.2) is 67.0 Å². The molecule has 3 rings (SSSR count). The van der Waals surface area contributed by atoms with Crippen molar-refractivity contribution in [3.63, 3.8) is 0 Å². The van der Waals surface area contributed by atoms with Gasteiger partial charge in [-0.05, 0) is 22.9 Å². The summed E-state index contributed by atoms with van der Waals surface area (Å²) in [6.07, 6.45) is 2.68. The lowest BCUT2D eigenvalue weighted by Gasteiger charge is -2.23. The average Bonchev–Trinajstić information content (AvgIpc) is 2.64. The van der Waals surface area contributed by atoms with Crippen LogP contribution in [0.25, 0.3) is 10.8 Å². The first kappa shape index (κ1) is 18.9. The Bertz CT molecular complexity index is 892. The third-order valence-corrected chi connectivity index (χ3v) is 4.69. The van der Waals surface area contributed by atoms with E-state index in [1.165, 1.54) is 0 Å². The van der Waals surface area contributed by atoms with Crippen LogP contribution in [0.5, 0.6) is 0 Å². The van der Waals surface area contributed by atoms with E-state index < -0.39 is 9.96 Å². The third-order valence-electron chi connectivity index (χ3n) is 3.99. The Hall–Kier alpha value is -1.85. The molecule has 0 bridgehead atoms. The van der Waals surface area contributed by atoms with Gasteiger partial charge in [-0.3, -0.25) is 15.1 Å². The van der Waals surface area contributed by atoms with Gasteiger partial charge in [0.25, 0.3) is 9.70 Å². The zero-order valence-electron chi connectivity index (χ0n) is 13.7. The number of hydrogen-bond donors (Lipinski definition) is 2. The highest BCUT2D eigenvalue weighted by atomic mass is 35.6. The van der Waals surface area contributed by atoms with E-state index >= 15 is 0 Å². The molecule has 0 aliphatic heterocycles. The third kappa shape index (κ3) is 4.65. The zero-order chi connectivity index (χ0) is 18.6. The van der Waals surface area contributed by atoms with Gasteiger partial charge in [-0.2, -0.15) is 0 Å². The fraction of sp³-hybridized carbons (Fsp3) is 0.158. The smallest absolute Gasteiger partial charge is 0.262 e. The van der Waals surface area contributed by atoms with Crippen molar-refractivity contribution in [1.29, 1.82) is 0 Å². The van der Waals surface area contributed by atoms with Gasteiger partial charge in [-0.1, -0.05) is 77.3 Å². The molecule has 7 heteroatoms. The number of nitrogens with one attached hydrogen (secondary N) is 1. The number of alkyl halides is 3. The topological polar surface area (TPSA) is 58.6 Å². The molecular weight excluding hydrogens is 393 g/mol. The molecule has 1 atom stereocenters. The lowest BCUT2D eigenvalue weighted by atomic mass is 10.0. The van der Waals surface area contributed by atoms with Crippen molar-refractivity contribution < 1.29 is 10.1 Å². The van der Waals surface area contributed by atoms with Crippen LogP contribution in [-0.2, 0) is 6.54 Å². The number of nitrogens with zero attached hydrogens (tertiary/aromatic N) is 1. The second-order valence-electron chi connectivity index (χ2n) is 5.82. The zero-order valence-corrected chi connectivity index (χ0v) is 16.0.